The van der Waals surface area contributed by atoms with E-state index in [1.165, 1.54) is 0 Å². The van der Waals surface area contributed by atoms with Gasteiger partial charge in [0.25, 0.3) is 0 Å². The van der Waals surface area contributed by atoms with Crippen molar-refractivity contribution in [3.8, 4) is 0 Å². The van der Waals surface area contributed by atoms with Gasteiger partial charge >= 0.3 is 0 Å². The van der Waals surface area contributed by atoms with Crippen molar-refractivity contribution < 1.29 is 9.00 Å². The third-order valence-electron chi connectivity index (χ3n) is 3.33. The first-order valence-corrected chi connectivity index (χ1v) is 7.71. The fourth-order valence-electron chi connectivity index (χ4n) is 1.93. The van der Waals surface area contributed by atoms with Crippen LogP contribution < -0.4 is 0 Å². The second kappa shape index (κ2) is 6.94. The maximum absolute atomic E-state index is 12.1. The fourth-order valence-corrected chi connectivity index (χ4v) is 2.98. The molecule has 3 nitrogen and oxygen atoms in total. The van der Waals surface area contributed by atoms with E-state index >= 15 is 0 Å². The van der Waals surface area contributed by atoms with Crippen LogP contribution in [0.2, 0.25) is 0 Å². The molecule has 1 rings (SSSR count). The van der Waals surface area contributed by atoms with Crippen LogP contribution in [0.3, 0.4) is 0 Å². The van der Waals surface area contributed by atoms with Crippen molar-refractivity contribution in [3.05, 3.63) is 12.2 Å². The second-order valence-corrected chi connectivity index (χ2v) is 6.57. The third kappa shape index (κ3) is 4.26. The zero-order valence-corrected chi connectivity index (χ0v) is 11.8. The zero-order valence-electron chi connectivity index (χ0n) is 11.0. The molecule has 0 aromatic rings. The van der Waals surface area contributed by atoms with E-state index in [2.05, 4.69) is 6.92 Å². The van der Waals surface area contributed by atoms with E-state index in [1.54, 1.807) is 6.92 Å². The van der Waals surface area contributed by atoms with Crippen molar-refractivity contribution in [2.24, 2.45) is 5.92 Å². The first-order valence-electron chi connectivity index (χ1n) is 6.33. The lowest BCUT2D eigenvalue weighted by atomic mass is 9.99. The number of allylic oxidation sites excluding steroid dienone is 1. The molecular weight excluding hydrogens is 234 g/mol. The molecule has 0 radical (unpaired) electrons. The fraction of sp³-hybridized carbons (Fsp3) is 0.769. The Morgan fingerprint density at radius 1 is 1.47 bits per heavy atom. The Kier molecular flexibility index (Phi) is 5.89. The second-order valence-electron chi connectivity index (χ2n) is 4.77. The van der Waals surface area contributed by atoms with Crippen molar-refractivity contribution in [2.45, 2.75) is 38.9 Å². The molecule has 1 fully saturated rings. The Balaban J connectivity index is 2.48. The minimum absolute atomic E-state index is 0.0553. The topological polar surface area (TPSA) is 37.4 Å². The van der Waals surface area contributed by atoms with Gasteiger partial charge in [-0.3, -0.25) is 9.00 Å². The van der Waals surface area contributed by atoms with E-state index in [0.29, 0.717) is 11.7 Å². The monoisotopic (exact) mass is 257 g/mol. The smallest absolute Gasteiger partial charge is 0.238 e. The van der Waals surface area contributed by atoms with Gasteiger partial charge in [-0.2, -0.15) is 0 Å². The standard InChI is InChI=1S/C13H23NO2S/c1-4-5-10-17(16)12(3)13(15)14-8-6-11(2)7-9-14/h4-5,11-12H,6-10H2,1-3H3. The minimum Gasteiger partial charge on any atom is -0.342 e. The Bertz CT molecular complexity index is 307. The summed E-state index contributed by atoms with van der Waals surface area (Å²) in [5.74, 6) is 1.25. The van der Waals surface area contributed by atoms with Gasteiger partial charge in [-0.15, -0.1) is 0 Å². The first kappa shape index (κ1) is 14.4. The molecule has 2 atom stereocenters. The molecule has 1 saturated heterocycles. The number of likely N-dealkylation sites (tertiary alicyclic amines) is 1. The average Bonchev–Trinajstić information content (AvgIpc) is 2.35. The summed E-state index contributed by atoms with van der Waals surface area (Å²) in [6, 6.07) is 0. The molecule has 17 heavy (non-hydrogen) atoms. The van der Waals surface area contributed by atoms with Crippen LogP contribution in [0, 0.1) is 5.92 Å². The van der Waals surface area contributed by atoms with Crippen molar-refractivity contribution in [1.29, 1.82) is 0 Å². The van der Waals surface area contributed by atoms with Crippen LogP contribution in [0.5, 0.6) is 0 Å². The molecule has 1 amide bonds. The van der Waals surface area contributed by atoms with Gasteiger partial charge in [0.2, 0.25) is 5.91 Å². The zero-order chi connectivity index (χ0) is 12.8. The highest BCUT2D eigenvalue weighted by molar-refractivity contribution is 7.86. The number of hydrogen-bond acceptors (Lipinski definition) is 2. The molecule has 0 spiro atoms. The van der Waals surface area contributed by atoms with Crippen LogP contribution >= 0.6 is 0 Å². The largest absolute Gasteiger partial charge is 0.342 e. The van der Waals surface area contributed by atoms with Crippen LogP contribution in [0.1, 0.15) is 33.6 Å². The number of carbonyl (C=O) groups excluding carboxylic acids is 1. The van der Waals surface area contributed by atoms with E-state index in [9.17, 15) is 9.00 Å². The van der Waals surface area contributed by atoms with E-state index in [1.807, 2.05) is 24.0 Å². The lowest BCUT2D eigenvalue weighted by Gasteiger charge is -2.31. The van der Waals surface area contributed by atoms with Gasteiger partial charge in [0.05, 0.1) is 0 Å². The summed E-state index contributed by atoms with van der Waals surface area (Å²) < 4.78 is 11.9. The van der Waals surface area contributed by atoms with Crippen LogP contribution in [-0.2, 0) is 15.6 Å². The summed E-state index contributed by atoms with van der Waals surface area (Å²) in [4.78, 5) is 14.0. The molecule has 1 heterocycles. The van der Waals surface area contributed by atoms with Crippen molar-refractivity contribution in [1.82, 2.24) is 4.90 Å². The van der Waals surface area contributed by atoms with Gasteiger partial charge in [0.1, 0.15) is 5.25 Å². The summed E-state index contributed by atoms with van der Waals surface area (Å²) in [5, 5.41) is -0.375. The molecule has 4 heteroatoms. The van der Waals surface area contributed by atoms with Gasteiger partial charge in [0, 0.05) is 29.6 Å². The number of carbonyl (C=O) groups is 1. The van der Waals surface area contributed by atoms with E-state index < -0.39 is 10.8 Å². The van der Waals surface area contributed by atoms with Crippen molar-refractivity contribution in [3.63, 3.8) is 0 Å². The molecule has 0 saturated carbocycles. The number of rotatable bonds is 4. The highest BCUT2D eigenvalue weighted by Crippen LogP contribution is 2.17. The highest BCUT2D eigenvalue weighted by atomic mass is 32.2. The highest BCUT2D eigenvalue weighted by Gasteiger charge is 2.27. The Morgan fingerprint density at radius 2 is 2.06 bits per heavy atom. The molecule has 0 aromatic heterocycles. The molecule has 0 aliphatic carbocycles. The molecular formula is C13H23NO2S. The number of hydrogen-bond donors (Lipinski definition) is 0. The summed E-state index contributed by atoms with van der Waals surface area (Å²) in [6.07, 6.45) is 5.87. The lowest BCUT2D eigenvalue weighted by molar-refractivity contribution is -0.131. The molecule has 1 aliphatic rings. The predicted octanol–water partition coefficient (Wildman–Crippen LogP) is 1.96. The van der Waals surface area contributed by atoms with E-state index in [0.717, 1.165) is 25.9 Å². The van der Waals surface area contributed by atoms with Crippen LogP contribution in [0.15, 0.2) is 12.2 Å². The maximum Gasteiger partial charge on any atom is 0.238 e. The minimum atomic E-state index is -1.08. The lowest BCUT2D eigenvalue weighted by Crippen LogP contribution is -2.44. The Hall–Kier alpha value is -0.640. The van der Waals surface area contributed by atoms with Crippen LogP contribution in [0.25, 0.3) is 0 Å². The molecule has 98 valence electrons. The third-order valence-corrected chi connectivity index (χ3v) is 4.84. The summed E-state index contributed by atoms with van der Waals surface area (Å²) in [6.45, 7) is 7.54. The van der Waals surface area contributed by atoms with Gasteiger partial charge in [-0.05, 0) is 32.6 Å². The van der Waals surface area contributed by atoms with Crippen LogP contribution in [-0.4, -0.2) is 39.1 Å². The Morgan fingerprint density at radius 3 is 2.59 bits per heavy atom. The molecule has 0 bridgehead atoms. The molecule has 2 unspecified atom stereocenters. The predicted molar refractivity (Wildman–Crippen MR) is 72.3 cm³/mol. The van der Waals surface area contributed by atoms with Crippen molar-refractivity contribution >= 4 is 16.7 Å². The van der Waals surface area contributed by atoms with Gasteiger partial charge in [-0.1, -0.05) is 19.1 Å². The van der Waals surface area contributed by atoms with Crippen molar-refractivity contribution in [2.75, 3.05) is 18.8 Å². The van der Waals surface area contributed by atoms with E-state index in [4.69, 9.17) is 0 Å². The number of nitrogens with zero attached hydrogens (tertiary/aromatic N) is 1. The SMILES string of the molecule is CC=CCS(=O)C(C)C(=O)N1CCC(C)CC1. The van der Waals surface area contributed by atoms with E-state index in [-0.39, 0.29) is 11.2 Å². The normalized spacial score (nSPS) is 21.7. The van der Waals surface area contributed by atoms with Gasteiger partial charge in [-0.25, -0.2) is 0 Å². The molecule has 0 aromatic carbocycles. The van der Waals surface area contributed by atoms with Crippen LogP contribution in [0.4, 0.5) is 0 Å². The molecule has 1 aliphatic heterocycles. The van der Waals surface area contributed by atoms with Gasteiger partial charge in [0.15, 0.2) is 0 Å². The quantitative estimate of drug-likeness (QED) is 0.722. The average molecular weight is 257 g/mol. The number of amides is 1. The molecule has 0 N–H and O–H groups in total. The van der Waals surface area contributed by atoms with Gasteiger partial charge < -0.3 is 4.90 Å². The number of piperidine rings is 1. The first-order chi connectivity index (χ1) is 8.06. The Labute approximate surface area is 107 Å². The summed E-state index contributed by atoms with van der Waals surface area (Å²) >= 11 is 0. The summed E-state index contributed by atoms with van der Waals surface area (Å²) in [5.41, 5.74) is 0. The summed E-state index contributed by atoms with van der Waals surface area (Å²) in [7, 11) is -1.08. The maximum atomic E-state index is 12.1.